The van der Waals surface area contributed by atoms with E-state index in [1.165, 1.54) is 25.7 Å². The van der Waals surface area contributed by atoms with E-state index in [0.717, 1.165) is 51.6 Å². The summed E-state index contributed by atoms with van der Waals surface area (Å²) in [6.07, 6.45) is 14.2. The Morgan fingerprint density at radius 2 is 1.78 bits per heavy atom. The van der Waals surface area contributed by atoms with Gasteiger partial charge in [-0.25, -0.2) is 0 Å². The van der Waals surface area contributed by atoms with Gasteiger partial charge in [0, 0.05) is 35.9 Å². The first kappa shape index (κ1) is 28.7. The third kappa shape index (κ3) is 5.43. The Bertz CT molecular complexity index is 1170. The molecule has 4 fully saturated rings. The highest BCUT2D eigenvalue weighted by Crippen LogP contribution is 2.55. The van der Waals surface area contributed by atoms with Crippen LogP contribution in [0.1, 0.15) is 71.1 Å². The van der Waals surface area contributed by atoms with Crippen molar-refractivity contribution in [2.45, 2.75) is 101 Å². The zero-order valence-corrected chi connectivity index (χ0v) is 24.8. The quantitative estimate of drug-likeness (QED) is 0.418. The first-order valence-electron chi connectivity index (χ1n) is 15.7. The number of nitrogens with one attached hydrogen (secondary N) is 2. The minimum absolute atomic E-state index is 0.119. The fourth-order valence-electron chi connectivity index (χ4n) is 8.05. The molecule has 2 N–H and O–H groups in total. The third-order valence-electron chi connectivity index (χ3n) is 10.1. The number of hydrogen-bond donors (Lipinski definition) is 2. The number of carbonyl (C=O) groups is 3. The molecule has 5 aliphatic rings. The van der Waals surface area contributed by atoms with E-state index in [-0.39, 0.29) is 23.8 Å². The van der Waals surface area contributed by atoms with Crippen molar-refractivity contribution in [3.63, 3.8) is 0 Å². The number of rotatable bonds is 9. The summed E-state index contributed by atoms with van der Waals surface area (Å²) < 4.78 is 6.50. The van der Waals surface area contributed by atoms with Crippen LogP contribution in [0.5, 0.6) is 0 Å². The average molecular weight is 583 g/mol. The fourth-order valence-corrected chi connectivity index (χ4v) is 8.18. The molecule has 41 heavy (non-hydrogen) atoms. The van der Waals surface area contributed by atoms with Crippen LogP contribution in [0.15, 0.2) is 36.4 Å². The van der Waals surface area contributed by atoms with Crippen LogP contribution in [0.25, 0.3) is 0 Å². The van der Waals surface area contributed by atoms with Crippen LogP contribution in [0.3, 0.4) is 0 Å². The van der Waals surface area contributed by atoms with Gasteiger partial charge >= 0.3 is 0 Å². The lowest BCUT2D eigenvalue weighted by molar-refractivity contribution is -0.141. The molecule has 1 spiro atoms. The second-order valence-electron chi connectivity index (χ2n) is 12.5. The Morgan fingerprint density at radius 3 is 2.54 bits per heavy atom. The molecule has 1 aromatic rings. The molecule has 0 unspecified atom stereocenters. The number of halogens is 1. The van der Waals surface area contributed by atoms with Gasteiger partial charge in [-0.15, -0.1) is 0 Å². The second kappa shape index (κ2) is 12.1. The molecular formula is C32H43ClN4O4. The van der Waals surface area contributed by atoms with Crippen molar-refractivity contribution in [3.05, 3.63) is 41.4 Å². The number of nitrogens with zero attached hydrogens (tertiary/aromatic N) is 2. The van der Waals surface area contributed by atoms with Crippen LogP contribution in [-0.2, 0) is 19.1 Å². The fraction of sp³-hybridized carbons (Fsp3) is 0.656. The highest BCUT2D eigenvalue weighted by atomic mass is 35.5. The van der Waals surface area contributed by atoms with Crippen molar-refractivity contribution in [2.24, 2.45) is 11.8 Å². The summed E-state index contributed by atoms with van der Waals surface area (Å²) in [4.78, 5) is 46.1. The van der Waals surface area contributed by atoms with Crippen LogP contribution < -0.4 is 10.6 Å². The maximum Gasteiger partial charge on any atom is 0.246 e. The van der Waals surface area contributed by atoms with E-state index in [0.29, 0.717) is 23.3 Å². The molecule has 1 aliphatic carbocycles. The van der Waals surface area contributed by atoms with Crippen LogP contribution in [0.2, 0.25) is 5.02 Å². The van der Waals surface area contributed by atoms with Gasteiger partial charge in [0.05, 0.1) is 17.9 Å². The first-order valence-corrected chi connectivity index (χ1v) is 16.1. The first-order chi connectivity index (χ1) is 19.9. The molecule has 4 aliphatic heterocycles. The zero-order valence-electron chi connectivity index (χ0n) is 24.0. The summed E-state index contributed by atoms with van der Waals surface area (Å²) in [5.74, 6) is -2.01. The lowest BCUT2D eigenvalue weighted by Gasteiger charge is -2.36. The standard InChI is InChI=1S/C32H43ClN4O4/c1-2-24-11-6-7-18-36(24)19-8-20-37-28(30(39)35-22-9-4-3-5-10-22)32-17-16-25(41-32)26(27(32)31(37)40)29(38)34-23-14-12-21(33)13-15-23/h12-17,22,24-28H,2-11,18-20H2,1H3,(H,34,38)(H,35,39)/t24-,25+,26-,27+,28-,32+/m1/s1. The van der Waals surface area contributed by atoms with Gasteiger partial charge in [0.1, 0.15) is 11.6 Å². The number of anilines is 1. The Kier molecular flexibility index (Phi) is 8.44. The monoisotopic (exact) mass is 582 g/mol. The van der Waals surface area contributed by atoms with Crippen molar-refractivity contribution in [3.8, 4) is 0 Å². The Balaban J connectivity index is 1.23. The van der Waals surface area contributed by atoms with Crippen molar-refractivity contribution in [1.29, 1.82) is 0 Å². The number of piperidine rings is 1. The normalized spacial score (nSPS) is 33.3. The molecule has 9 heteroatoms. The molecule has 3 saturated heterocycles. The molecule has 3 amide bonds. The van der Waals surface area contributed by atoms with Gasteiger partial charge in [0.2, 0.25) is 17.7 Å². The largest absolute Gasteiger partial charge is 0.359 e. The smallest absolute Gasteiger partial charge is 0.246 e. The van der Waals surface area contributed by atoms with Crippen molar-refractivity contribution in [1.82, 2.24) is 15.1 Å². The summed E-state index contributed by atoms with van der Waals surface area (Å²) in [7, 11) is 0. The van der Waals surface area contributed by atoms with E-state index in [4.69, 9.17) is 16.3 Å². The van der Waals surface area contributed by atoms with E-state index >= 15 is 0 Å². The van der Waals surface area contributed by atoms with E-state index in [1.54, 1.807) is 29.2 Å². The van der Waals surface area contributed by atoms with Crippen LogP contribution in [0, 0.1) is 11.8 Å². The van der Waals surface area contributed by atoms with Gasteiger partial charge in [-0.2, -0.15) is 0 Å². The third-order valence-corrected chi connectivity index (χ3v) is 10.3. The highest BCUT2D eigenvalue weighted by Gasteiger charge is 2.72. The molecule has 222 valence electrons. The molecule has 0 radical (unpaired) electrons. The number of fused-ring (bicyclic) bond motifs is 1. The molecule has 6 rings (SSSR count). The molecule has 1 aromatic carbocycles. The van der Waals surface area contributed by atoms with E-state index < -0.39 is 29.6 Å². The number of likely N-dealkylation sites (tertiary alicyclic amines) is 2. The van der Waals surface area contributed by atoms with Crippen LogP contribution in [0.4, 0.5) is 5.69 Å². The SMILES string of the molecule is CC[C@@H]1CCCCN1CCCN1C(=O)[C@@H]2[C@H](C(=O)Nc3ccc(Cl)cc3)[C@@H]3C=C[C@@]2(O3)[C@H]1C(=O)NC1CCCCC1. The van der Waals surface area contributed by atoms with Gasteiger partial charge in [-0.3, -0.25) is 14.4 Å². The average Bonchev–Trinajstić information content (AvgIpc) is 3.62. The Morgan fingerprint density at radius 1 is 1.02 bits per heavy atom. The minimum atomic E-state index is -1.13. The second-order valence-corrected chi connectivity index (χ2v) is 13.0. The highest BCUT2D eigenvalue weighted by molar-refractivity contribution is 6.30. The molecule has 2 bridgehead atoms. The number of benzene rings is 1. The summed E-state index contributed by atoms with van der Waals surface area (Å²) in [5.41, 5.74) is -0.513. The molecule has 4 heterocycles. The topological polar surface area (TPSA) is 91.0 Å². The van der Waals surface area contributed by atoms with Crippen LogP contribution >= 0.6 is 11.6 Å². The molecule has 1 saturated carbocycles. The number of amides is 3. The summed E-state index contributed by atoms with van der Waals surface area (Å²) in [5, 5.41) is 6.81. The zero-order chi connectivity index (χ0) is 28.6. The lowest BCUT2D eigenvalue weighted by Crippen LogP contribution is -2.56. The number of ether oxygens (including phenoxy) is 1. The molecule has 0 aromatic heterocycles. The summed E-state index contributed by atoms with van der Waals surface area (Å²) >= 11 is 6.02. The Hall–Kier alpha value is -2.42. The maximum atomic E-state index is 14.2. The number of carbonyl (C=O) groups excluding carboxylic acids is 3. The predicted octanol–water partition coefficient (Wildman–Crippen LogP) is 4.53. The minimum Gasteiger partial charge on any atom is -0.359 e. The van der Waals surface area contributed by atoms with Gasteiger partial charge in [0.25, 0.3) is 0 Å². The summed E-state index contributed by atoms with van der Waals surface area (Å²) in [6.45, 7) is 4.70. The summed E-state index contributed by atoms with van der Waals surface area (Å²) in [6, 6.07) is 6.85. The van der Waals surface area contributed by atoms with E-state index in [9.17, 15) is 14.4 Å². The van der Waals surface area contributed by atoms with Crippen molar-refractivity contribution < 1.29 is 19.1 Å². The molecular weight excluding hydrogens is 540 g/mol. The lowest BCUT2D eigenvalue weighted by atomic mass is 9.74. The van der Waals surface area contributed by atoms with Gasteiger partial charge < -0.3 is 25.2 Å². The molecule has 8 nitrogen and oxygen atoms in total. The predicted molar refractivity (Wildman–Crippen MR) is 158 cm³/mol. The number of hydrogen-bond acceptors (Lipinski definition) is 5. The van der Waals surface area contributed by atoms with Crippen LogP contribution in [-0.4, -0.2) is 77.0 Å². The van der Waals surface area contributed by atoms with E-state index in [1.807, 2.05) is 12.2 Å². The van der Waals surface area contributed by atoms with E-state index in [2.05, 4.69) is 22.5 Å². The van der Waals surface area contributed by atoms with Gasteiger partial charge in [0.15, 0.2) is 0 Å². The van der Waals surface area contributed by atoms with Gasteiger partial charge in [-0.1, -0.05) is 56.4 Å². The molecule has 6 atom stereocenters. The Labute approximate surface area is 248 Å². The maximum absolute atomic E-state index is 14.2. The van der Waals surface area contributed by atoms with Crippen molar-refractivity contribution in [2.75, 3.05) is 25.0 Å². The van der Waals surface area contributed by atoms with Crippen molar-refractivity contribution >= 4 is 35.0 Å². The van der Waals surface area contributed by atoms with Gasteiger partial charge in [-0.05, 0) is 69.3 Å².